The molecule has 1 aliphatic heterocycles. The lowest BCUT2D eigenvalue weighted by molar-refractivity contribution is -0.133. The van der Waals surface area contributed by atoms with Gasteiger partial charge in [0.05, 0.1) is 28.4 Å². The third kappa shape index (κ3) is 6.04. The summed E-state index contributed by atoms with van der Waals surface area (Å²) in [7, 11) is 6.54. The Morgan fingerprint density at radius 1 is 0.774 bits per heavy atom. The fourth-order valence-corrected chi connectivity index (χ4v) is 3.81. The van der Waals surface area contributed by atoms with E-state index in [1.54, 1.807) is 28.4 Å². The lowest BCUT2D eigenvalue weighted by Crippen LogP contribution is -2.48. The zero-order valence-electron chi connectivity index (χ0n) is 18.8. The number of benzene rings is 2. The van der Waals surface area contributed by atoms with E-state index in [1.807, 2.05) is 35.2 Å². The highest BCUT2D eigenvalue weighted by Crippen LogP contribution is 2.28. The van der Waals surface area contributed by atoms with Crippen molar-refractivity contribution < 1.29 is 23.7 Å². The first-order chi connectivity index (χ1) is 15.1. The molecule has 0 bridgehead atoms. The molecule has 1 amide bonds. The lowest BCUT2D eigenvalue weighted by atomic mass is 10.1. The van der Waals surface area contributed by atoms with Crippen molar-refractivity contribution in [1.29, 1.82) is 0 Å². The molecule has 0 spiro atoms. The molecule has 2 aromatic carbocycles. The molecule has 7 nitrogen and oxygen atoms in total. The highest BCUT2D eigenvalue weighted by molar-refractivity contribution is 5.76. The van der Waals surface area contributed by atoms with E-state index in [9.17, 15) is 4.79 Å². The molecule has 0 aromatic heterocycles. The number of aryl methyl sites for hydroxylation is 1. The van der Waals surface area contributed by atoms with Crippen LogP contribution in [0.1, 0.15) is 17.5 Å². The average Bonchev–Trinajstić information content (AvgIpc) is 2.82. The fraction of sp³-hybridized carbons (Fsp3) is 0.458. The molecular weight excluding hydrogens is 396 g/mol. The molecule has 1 fully saturated rings. The van der Waals surface area contributed by atoms with Crippen molar-refractivity contribution in [2.24, 2.45) is 0 Å². The van der Waals surface area contributed by atoms with Gasteiger partial charge in [-0.3, -0.25) is 9.69 Å². The molecule has 3 rings (SSSR count). The maximum absolute atomic E-state index is 12.7. The summed E-state index contributed by atoms with van der Waals surface area (Å²) >= 11 is 0. The summed E-state index contributed by atoms with van der Waals surface area (Å²) in [6, 6.07) is 11.7. The second-order valence-electron chi connectivity index (χ2n) is 7.57. The van der Waals surface area contributed by atoms with Crippen LogP contribution >= 0.6 is 0 Å². The maximum Gasteiger partial charge on any atom is 0.222 e. The van der Waals surface area contributed by atoms with E-state index < -0.39 is 0 Å². The van der Waals surface area contributed by atoms with Gasteiger partial charge in [0, 0.05) is 45.2 Å². The van der Waals surface area contributed by atoms with Crippen LogP contribution in [0.25, 0.3) is 0 Å². The number of carbonyl (C=O) groups is 1. The van der Waals surface area contributed by atoms with E-state index in [1.165, 1.54) is 5.56 Å². The number of rotatable bonds is 9. The van der Waals surface area contributed by atoms with Crippen molar-refractivity contribution in [3.8, 4) is 23.0 Å². The molecule has 0 unspecified atom stereocenters. The highest BCUT2D eigenvalue weighted by atomic mass is 16.5. The number of hydrogen-bond donors (Lipinski definition) is 0. The van der Waals surface area contributed by atoms with Crippen LogP contribution in [0.5, 0.6) is 23.0 Å². The number of methoxy groups -OCH3 is 4. The van der Waals surface area contributed by atoms with Gasteiger partial charge in [-0.15, -0.1) is 0 Å². The van der Waals surface area contributed by atoms with Gasteiger partial charge in [-0.2, -0.15) is 0 Å². The molecule has 0 atom stereocenters. The van der Waals surface area contributed by atoms with E-state index in [4.69, 9.17) is 18.9 Å². The van der Waals surface area contributed by atoms with Crippen LogP contribution in [0.15, 0.2) is 36.4 Å². The predicted molar refractivity (Wildman–Crippen MR) is 119 cm³/mol. The average molecular weight is 429 g/mol. The monoisotopic (exact) mass is 428 g/mol. The molecule has 168 valence electrons. The topological polar surface area (TPSA) is 60.5 Å². The first kappa shape index (κ1) is 22.7. The molecule has 1 heterocycles. The first-order valence-corrected chi connectivity index (χ1v) is 10.5. The summed E-state index contributed by atoms with van der Waals surface area (Å²) in [6.07, 6.45) is 1.14. The molecule has 2 aromatic rings. The number of hydrogen-bond acceptors (Lipinski definition) is 6. The van der Waals surface area contributed by atoms with Gasteiger partial charge in [-0.05, 0) is 41.8 Å². The molecule has 1 aliphatic rings. The minimum absolute atomic E-state index is 0.188. The van der Waals surface area contributed by atoms with E-state index in [0.29, 0.717) is 12.8 Å². The Kier molecular flexibility index (Phi) is 8.00. The second-order valence-corrected chi connectivity index (χ2v) is 7.57. The third-order valence-corrected chi connectivity index (χ3v) is 5.62. The van der Waals surface area contributed by atoms with Crippen molar-refractivity contribution in [2.45, 2.75) is 19.4 Å². The number of amides is 1. The SMILES string of the molecule is COc1cc(CCC(=O)N2CCN(Cc3ccc(OC)c(OC)c3)CC2)cc(OC)c1. The third-order valence-electron chi connectivity index (χ3n) is 5.62. The van der Waals surface area contributed by atoms with Crippen LogP contribution in [0.4, 0.5) is 0 Å². The van der Waals surface area contributed by atoms with Crippen LogP contribution in [0, 0.1) is 0 Å². The van der Waals surface area contributed by atoms with Crippen molar-refractivity contribution in [3.05, 3.63) is 47.5 Å². The number of ether oxygens (including phenoxy) is 4. The summed E-state index contributed by atoms with van der Waals surface area (Å²) in [5.41, 5.74) is 2.21. The van der Waals surface area contributed by atoms with Crippen molar-refractivity contribution in [1.82, 2.24) is 9.80 Å². The number of nitrogens with zero attached hydrogens (tertiary/aromatic N) is 2. The van der Waals surface area contributed by atoms with Gasteiger partial charge in [-0.1, -0.05) is 6.07 Å². The Bertz CT molecular complexity index is 856. The van der Waals surface area contributed by atoms with E-state index in [2.05, 4.69) is 11.0 Å². The Labute approximate surface area is 184 Å². The molecular formula is C24H32N2O5. The van der Waals surface area contributed by atoms with E-state index in [-0.39, 0.29) is 5.91 Å². The Morgan fingerprint density at radius 2 is 1.42 bits per heavy atom. The van der Waals surface area contributed by atoms with E-state index in [0.717, 1.165) is 61.3 Å². The summed E-state index contributed by atoms with van der Waals surface area (Å²) in [6.45, 7) is 4.02. The summed E-state index contributed by atoms with van der Waals surface area (Å²) < 4.78 is 21.3. The number of piperazine rings is 1. The van der Waals surface area contributed by atoms with Gasteiger partial charge in [0.2, 0.25) is 5.91 Å². The molecule has 31 heavy (non-hydrogen) atoms. The molecule has 0 radical (unpaired) electrons. The molecule has 1 saturated heterocycles. The zero-order chi connectivity index (χ0) is 22.2. The summed E-state index contributed by atoms with van der Waals surface area (Å²) in [5, 5.41) is 0. The largest absolute Gasteiger partial charge is 0.497 e. The number of carbonyl (C=O) groups excluding carboxylic acids is 1. The Balaban J connectivity index is 1.49. The van der Waals surface area contributed by atoms with Crippen molar-refractivity contribution >= 4 is 5.91 Å². The molecule has 7 heteroatoms. The smallest absolute Gasteiger partial charge is 0.222 e. The van der Waals surface area contributed by atoms with Crippen LogP contribution < -0.4 is 18.9 Å². The lowest BCUT2D eigenvalue weighted by Gasteiger charge is -2.35. The van der Waals surface area contributed by atoms with Crippen LogP contribution in [-0.4, -0.2) is 70.3 Å². The van der Waals surface area contributed by atoms with Gasteiger partial charge < -0.3 is 23.8 Å². The minimum Gasteiger partial charge on any atom is -0.497 e. The first-order valence-electron chi connectivity index (χ1n) is 10.5. The minimum atomic E-state index is 0.188. The van der Waals surface area contributed by atoms with Gasteiger partial charge in [0.15, 0.2) is 11.5 Å². The summed E-state index contributed by atoms with van der Waals surface area (Å²) in [5.74, 6) is 3.14. The maximum atomic E-state index is 12.7. The highest BCUT2D eigenvalue weighted by Gasteiger charge is 2.21. The van der Waals surface area contributed by atoms with Gasteiger partial charge >= 0.3 is 0 Å². The van der Waals surface area contributed by atoms with Crippen molar-refractivity contribution in [3.63, 3.8) is 0 Å². The van der Waals surface area contributed by atoms with Crippen LogP contribution in [-0.2, 0) is 17.8 Å². The predicted octanol–water partition coefficient (Wildman–Crippen LogP) is 3.00. The molecule has 0 saturated carbocycles. The molecule has 0 aliphatic carbocycles. The van der Waals surface area contributed by atoms with Gasteiger partial charge in [0.1, 0.15) is 11.5 Å². The van der Waals surface area contributed by atoms with E-state index >= 15 is 0 Å². The Morgan fingerprint density at radius 3 is 2.00 bits per heavy atom. The van der Waals surface area contributed by atoms with Gasteiger partial charge in [-0.25, -0.2) is 0 Å². The van der Waals surface area contributed by atoms with Crippen LogP contribution in [0.2, 0.25) is 0 Å². The Hall–Kier alpha value is -2.93. The second kappa shape index (κ2) is 10.9. The van der Waals surface area contributed by atoms with Gasteiger partial charge in [0.25, 0.3) is 0 Å². The molecule has 0 N–H and O–H groups in total. The standard InChI is InChI=1S/C24H32N2O5/c1-28-20-13-18(14-21(16-20)29-2)6-8-24(27)26-11-9-25(10-12-26)17-19-5-7-22(30-3)23(15-19)31-4/h5,7,13-16H,6,8-12,17H2,1-4H3. The zero-order valence-corrected chi connectivity index (χ0v) is 18.8. The fourth-order valence-electron chi connectivity index (χ4n) is 3.81. The van der Waals surface area contributed by atoms with Crippen molar-refractivity contribution in [2.75, 3.05) is 54.6 Å². The normalized spacial score (nSPS) is 14.3. The summed E-state index contributed by atoms with van der Waals surface area (Å²) in [4.78, 5) is 17.0. The van der Waals surface area contributed by atoms with Crippen LogP contribution in [0.3, 0.4) is 0 Å². The quantitative estimate of drug-likeness (QED) is 0.612.